The zero-order chi connectivity index (χ0) is 19.1. The minimum atomic E-state index is -3.57. The molecule has 0 atom stereocenters. The van der Waals surface area contributed by atoms with Gasteiger partial charge >= 0.3 is 6.03 Å². The van der Waals surface area contributed by atoms with Crippen LogP contribution in [-0.2, 0) is 16.6 Å². The Kier molecular flexibility index (Phi) is 6.46. The maximum Gasteiger partial charge on any atom is 0.321 e. The summed E-state index contributed by atoms with van der Waals surface area (Å²) in [5.41, 5.74) is 0.588. The number of imidazole rings is 1. The van der Waals surface area contributed by atoms with Gasteiger partial charge in [-0.25, -0.2) is 22.9 Å². The minimum Gasteiger partial charge on any atom is -0.337 e. The summed E-state index contributed by atoms with van der Waals surface area (Å²) in [6.07, 6.45) is 9.10. The van der Waals surface area contributed by atoms with Gasteiger partial charge in [-0.2, -0.15) is 0 Å². The number of amides is 2. The molecule has 1 fully saturated rings. The number of hydrogen-bond donors (Lipinski definition) is 2. The number of nitrogens with one attached hydrogen (secondary N) is 2. The summed E-state index contributed by atoms with van der Waals surface area (Å²) < 4.78 is 29.2. The van der Waals surface area contributed by atoms with Crippen LogP contribution in [0, 0.1) is 0 Å². The quantitative estimate of drug-likeness (QED) is 0.708. The second-order valence-electron chi connectivity index (χ2n) is 6.55. The molecule has 0 radical (unpaired) electrons. The van der Waals surface area contributed by atoms with Gasteiger partial charge in [0.15, 0.2) is 0 Å². The molecule has 3 rings (SSSR count). The number of aryl methyl sites for hydroxylation is 1. The molecule has 1 saturated heterocycles. The highest BCUT2D eigenvalue weighted by atomic mass is 32.2. The molecule has 2 heterocycles. The van der Waals surface area contributed by atoms with Crippen LogP contribution < -0.4 is 10.0 Å². The van der Waals surface area contributed by atoms with Crippen molar-refractivity contribution >= 4 is 21.7 Å². The Morgan fingerprint density at radius 1 is 1.11 bits per heavy atom. The number of carbonyl (C=O) groups excluding carboxylic acids is 1. The van der Waals surface area contributed by atoms with Crippen LogP contribution in [-0.4, -0.2) is 48.5 Å². The second kappa shape index (κ2) is 9.01. The summed E-state index contributed by atoms with van der Waals surface area (Å²) in [5, 5.41) is 2.82. The molecule has 2 amide bonds. The molecule has 1 aromatic carbocycles. The molecule has 1 aliphatic rings. The third-order valence-corrected chi connectivity index (χ3v) is 5.98. The zero-order valence-electron chi connectivity index (χ0n) is 15.2. The predicted octanol–water partition coefficient (Wildman–Crippen LogP) is 2.27. The number of hydrogen-bond acceptors (Lipinski definition) is 4. The van der Waals surface area contributed by atoms with E-state index >= 15 is 0 Å². The SMILES string of the molecule is O=C(Nc1ccc(S(=O)(=O)NCCCn2ccnc2)cc1)N1CCCCC1. The average molecular weight is 391 g/mol. The summed E-state index contributed by atoms with van der Waals surface area (Å²) in [4.78, 5) is 18.1. The molecule has 8 nitrogen and oxygen atoms in total. The highest BCUT2D eigenvalue weighted by Crippen LogP contribution is 2.16. The third-order valence-electron chi connectivity index (χ3n) is 4.50. The minimum absolute atomic E-state index is 0.136. The molecule has 2 aromatic rings. The van der Waals surface area contributed by atoms with Crippen molar-refractivity contribution in [2.45, 2.75) is 37.1 Å². The first-order valence-corrected chi connectivity index (χ1v) is 10.6. The van der Waals surface area contributed by atoms with Gasteiger partial charge in [0.1, 0.15) is 0 Å². The number of anilines is 1. The summed E-state index contributed by atoms with van der Waals surface area (Å²) in [5.74, 6) is 0. The van der Waals surface area contributed by atoms with E-state index in [0.29, 0.717) is 25.2 Å². The van der Waals surface area contributed by atoms with E-state index in [1.54, 1.807) is 29.6 Å². The first kappa shape index (κ1) is 19.4. The largest absolute Gasteiger partial charge is 0.337 e. The fourth-order valence-electron chi connectivity index (χ4n) is 2.99. The first-order valence-electron chi connectivity index (χ1n) is 9.16. The summed E-state index contributed by atoms with van der Waals surface area (Å²) in [6.45, 7) is 2.57. The maximum absolute atomic E-state index is 12.3. The molecule has 146 valence electrons. The molecule has 1 aliphatic heterocycles. The van der Waals surface area contributed by atoms with Crippen LogP contribution in [0.2, 0.25) is 0 Å². The van der Waals surface area contributed by atoms with E-state index in [2.05, 4.69) is 15.0 Å². The third kappa shape index (κ3) is 5.54. The number of urea groups is 1. The fraction of sp³-hybridized carbons (Fsp3) is 0.444. The second-order valence-corrected chi connectivity index (χ2v) is 8.32. The van der Waals surface area contributed by atoms with Crippen molar-refractivity contribution in [3.63, 3.8) is 0 Å². The Morgan fingerprint density at radius 2 is 1.85 bits per heavy atom. The van der Waals surface area contributed by atoms with Gasteiger partial charge in [0.05, 0.1) is 11.2 Å². The van der Waals surface area contributed by atoms with E-state index in [1.807, 2.05) is 10.8 Å². The number of benzene rings is 1. The van der Waals surface area contributed by atoms with Gasteiger partial charge < -0.3 is 14.8 Å². The first-order chi connectivity index (χ1) is 13.0. The molecule has 0 bridgehead atoms. The van der Waals surface area contributed by atoms with E-state index in [0.717, 1.165) is 32.4 Å². The Balaban J connectivity index is 1.49. The number of piperidine rings is 1. The molecular weight excluding hydrogens is 366 g/mol. The van der Waals surface area contributed by atoms with Crippen LogP contribution in [0.5, 0.6) is 0 Å². The van der Waals surface area contributed by atoms with E-state index in [9.17, 15) is 13.2 Å². The van der Waals surface area contributed by atoms with Crippen molar-refractivity contribution in [3.05, 3.63) is 43.0 Å². The van der Waals surface area contributed by atoms with E-state index < -0.39 is 10.0 Å². The molecule has 1 aromatic heterocycles. The van der Waals surface area contributed by atoms with Crippen molar-refractivity contribution in [2.24, 2.45) is 0 Å². The Bertz CT molecular complexity index is 828. The maximum atomic E-state index is 12.3. The summed E-state index contributed by atoms with van der Waals surface area (Å²) >= 11 is 0. The molecule has 9 heteroatoms. The lowest BCUT2D eigenvalue weighted by Crippen LogP contribution is -2.38. The smallest absolute Gasteiger partial charge is 0.321 e. The van der Waals surface area contributed by atoms with Crippen LogP contribution in [0.4, 0.5) is 10.5 Å². The van der Waals surface area contributed by atoms with Crippen molar-refractivity contribution in [2.75, 3.05) is 25.0 Å². The molecular formula is C18H25N5O3S. The number of rotatable bonds is 7. The normalized spacial score (nSPS) is 14.9. The monoisotopic (exact) mass is 391 g/mol. The number of sulfonamides is 1. The molecule has 2 N–H and O–H groups in total. The van der Waals surface area contributed by atoms with Crippen molar-refractivity contribution in [3.8, 4) is 0 Å². The van der Waals surface area contributed by atoms with Gasteiger partial charge in [-0.15, -0.1) is 0 Å². The molecule has 0 unspecified atom stereocenters. The summed E-state index contributed by atoms with van der Waals surface area (Å²) in [6, 6.07) is 6.10. The molecule has 0 spiro atoms. The van der Waals surface area contributed by atoms with Gasteiger partial charge in [-0.05, 0) is 49.9 Å². The van der Waals surface area contributed by atoms with Crippen LogP contribution in [0.25, 0.3) is 0 Å². The van der Waals surface area contributed by atoms with Gasteiger partial charge in [0.2, 0.25) is 10.0 Å². The lowest BCUT2D eigenvalue weighted by Gasteiger charge is -2.26. The number of aromatic nitrogens is 2. The summed E-state index contributed by atoms with van der Waals surface area (Å²) in [7, 11) is -3.57. The zero-order valence-corrected chi connectivity index (χ0v) is 16.0. The van der Waals surface area contributed by atoms with E-state index in [4.69, 9.17) is 0 Å². The number of carbonyl (C=O) groups is 1. The van der Waals surface area contributed by atoms with Crippen molar-refractivity contribution in [1.82, 2.24) is 19.2 Å². The number of nitrogens with zero attached hydrogens (tertiary/aromatic N) is 3. The molecule has 0 aliphatic carbocycles. The Hall–Kier alpha value is -2.39. The highest BCUT2D eigenvalue weighted by Gasteiger charge is 2.17. The van der Waals surface area contributed by atoms with Crippen molar-refractivity contribution < 1.29 is 13.2 Å². The van der Waals surface area contributed by atoms with Crippen LogP contribution in [0.15, 0.2) is 47.9 Å². The van der Waals surface area contributed by atoms with E-state index in [-0.39, 0.29) is 10.9 Å². The van der Waals surface area contributed by atoms with Gasteiger partial charge in [0, 0.05) is 44.3 Å². The Morgan fingerprint density at radius 3 is 2.52 bits per heavy atom. The van der Waals surface area contributed by atoms with Gasteiger partial charge in [-0.1, -0.05) is 0 Å². The van der Waals surface area contributed by atoms with Crippen LogP contribution in [0.1, 0.15) is 25.7 Å². The van der Waals surface area contributed by atoms with Crippen LogP contribution >= 0.6 is 0 Å². The number of likely N-dealkylation sites (tertiary alicyclic amines) is 1. The molecule has 27 heavy (non-hydrogen) atoms. The van der Waals surface area contributed by atoms with Gasteiger partial charge in [0.25, 0.3) is 0 Å². The fourth-order valence-corrected chi connectivity index (χ4v) is 4.06. The van der Waals surface area contributed by atoms with Crippen LogP contribution in [0.3, 0.4) is 0 Å². The highest BCUT2D eigenvalue weighted by molar-refractivity contribution is 7.89. The lowest BCUT2D eigenvalue weighted by molar-refractivity contribution is 0.200. The van der Waals surface area contributed by atoms with E-state index in [1.165, 1.54) is 12.1 Å². The van der Waals surface area contributed by atoms with Crippen molar-refractivity contribution in [1.29, 1.82) is 0 Å². The average Bonchev–Trinajstić information content (AvgIpc) is 3.20. The standard InChI is InChI=1S/C18H25N5O3S/c24-18(23-12-2-1-3-13-23)21-16-5-7-17(8-6-16)27(25,26)20-9-4-11-22-14-10-19-15-22/h5-8,10,14-15,20H,1-4,9,11-13H2,(H,21,24). The molecule has 0 saturated carbocycles. The van der Waals surface area contributed by atoms with Gasteiger partial charge in [-0.3, -0.25) is 0 Å². The Labute approximate surface area is 159 Å². The topological polar surface area (TPSA) is 96.3 Å². The predicted molar refractivity (Wildman–Crippen MR) is 103 cm³/mol. The lowest BCUT2D eigenvalue weighted by atomic mass is 10.1.